The van der Waals surface area contributed by atoms with Gasteiger partial charge in [-0.2, -0.15) is 11.8 Å². The normalized spacial score (nSPS) is 12.0. The van der Waals surface area contributed by atoms with Crippen molar-refractivity contribution in [1.82, 2.24) is 5.32 Å². The molecule has 0 saturated heterocycles. The zero-order valence-corrected chi connectivity index (χ0v) is 13.4. The maximum Gasteiger partial charge on any atom is 0.326 e. The zero-order chi connectivity index (χ0) is 15.8. The number of carbonyl (C=O) groups excluding carboxylic acids is 1. The minimum atomic E-state index is -1.02. The van der Waals surface area contributed by atoms with E-state index in [1.807, 2.05) is 44.4 Å². The molecule has 0 aliphatic rings. The molecule has 0 radical (unpaired) electrons. The van der Waals surface area contributed by atoms with Gasteiger partial charge in [-0.25, -0.2) is 9.59 Å². The molecule has 1 rings (SSSR count). The van der Waals surface area contributed by atoms with Crippen molar-refractivity contribution in [2.75, 3.05) is 17.3 Å². The molecule has 0 fully saturated rings. The molecule has 0 bridgehead atoms. The lowest BCUT2D eigenvalue weighted by Gasteiger charge is -2.17. The van der Waals surface area contributed by atoms with Crippen molar-refractivity contribution in [2.24, 2.45) is 0 Å². The third-order valence-electron chi connectivity index (χ3n) is 3.05. The van der Waals surface area contributed by atoms with Crippen molar-refractivity contribution in [3.8, 4) is 0 Å². The second-order valence-electron chi connectivity index (χ2n) is 5.01. The van der Waals surface area contributed by atoms with Gasteiger partial charge in [0.1, 0.15) is 6.04 Å². The van der Waals surface area contributed by atoms with E-state index in [1.165, 1.54) is 0 Å². The highest BCUT2D eigenvalue weighted by Gasteiger charge is 2.19. The van der Waals surface area contributed by atoms with E-state index in [0.717, 1.165) is 5.56 Å². The van der Waals surface area contributed by atoms with Gasteiger partial charge in [-0.1, -0.05) is 32.0 Å². The number of carboxylic acid groups (broad SMARTS) is 1. The Labute approximate surface area is 129 Å². The molecular formula is C15H22N2O3S. The zero-order valence-electron chi connectivity index (χ0n) is 12.6. The van der Waals surface area contributed by atoms with Gasteiger partial charge in [0.2, 0.25) is 0 Å². The molecule has 1 aromatic carbocycles. The summed E-state index contributed by atoms with van der Waals surface area (Å²) in [4.78, 5) is 23.1. The number of anilines is 1. The second-order valence-corrected chi connectivity index (χ2v) is 6.00. The van der Waals surface area contributed by atoms with E-state index in [0.29, 0.717) is 17.9 Å². The van der Waals surface area contributed by atoms with E-state index in [-0.39, 0.29) is 5.92 Å². The molecule has 0 heterocycles. The molecule has 0 spiro atoms. The Balaban J connectivity index is 2.70. The molecule has 6 heteroatoms. The molecule has 5 nitrogen and oxygen atoms in total. The quantitative estimate of drug-likeness (QED) is 0.723. The molecule has 0 aliphatic carbocycles. The molecule has 0 aliphatic heterocycles. The standard InChI is InChI=1S/C15H22N2O3S/c1-10(2)11-6-4-5-7-12(11)16-15(20)17-13(14(18)19)8-9-21-3/h4-7,10,13H,8-9H2,1-3H3,(H,18,19)(H2,16,17,20)/t13-/m0/s1. The maximum absolute atomic E-state index is 12.0. The lowest BCUT2D eigenvalue weighted by molar-refractivity contribution is -0.139. The fourth-order valence-corrected chi connectivity index (χ4v) is 2.40. The van der Waals surface area contributed by atoms with Crippen molar-refractivity contribution >= 4 is 29.4 Å². The van der Waals surface area contributed by atoms with E-state index in [2.05, 4.69) is 10.6 Å². The van der Waals surface area contributed by atoms with Crippen molar-refractivity contribution in [3.05, 3.63) is 29.8 Å². The van der Waals surface area contributed by atoms with Crippen LogP contribution in [0.25, 0.3) is 0 Å². The van der Waals surface area contributed by atoms with Crippen LogP contribution < -0.4 is 10.6 Å². The van der Waals surface area contributed by atoms with E-state index in [9.17, 15) is 9.59 Å². The Bertz CT molecular complexity index is 492. The number of thioether (sulfide) groups is 1. The Morgan fingerprint density at radius 3 is 2.52 bits per heavy atom. The van der Waals surface area contributed by atoms with Crippen LogP contribution in [0, 0.1) is 0 Å². The van der Waals surface area contributed by atoms with Crippen LogP contribution in [0.2, 0.25) is 0 Å². The van der Waals surface area contributed by atoms with Crippen LogP contribution in [0.15, 0.2) is 24.3 Å². The molecule has 1 atom stereocenters. The predicted octanol–water partition coefficient (Wildman–Crippen LogP) is 3.14. The fourth-order valence-electron chi connectivity index (χ4n) is 1.92. The summed E-state index contributed by atoms with van der Waals surface area (Å²) in [7, 11) is 0. The topological polar surface area (TPSA) is 78.4 Å². The number of benzene rings is 1. The Hall–Kier alpha value is -1.69. The van der Waals surface area contributed by atoms with Crippen LogP contribution in [0.1, 0.15) is 31.7 Å². The van der Waals surface area contributed by atoms with Crippen molar-refractivity contribution in [2.45, 2.75) is 32.2 Å². The molecule has 1 aromatic rings. The molecule has 3 N–H and O–H groups in total. The van der Waals surface area contributed by atoms with Gasteiger partial charge in [0.25, 0.3) is 0 Å². The summed E-state index contributed by atoms with van der Waals surface area (Å²) in [5.74, 6) is -0.0653. The Morgan fingerprint density at radius 2 is 1.95 bits per heavy atom. The molecule has 0 saturated carbocycles. The average molecular weight is 310 g/mol. The summed E-state index contributed by atoms with van der Waals surface area (Å²) in [5.41, 5.74) is 1.72. The van der Waals surface area contributed by atoms with Gasteiger partial charge in [-0.05, 0) is 36.0 Å². The largest absolute Gasteiger partial charge is 0.480 e. The van der Waals surface area contributed by atoms with Gasteiger partial charge < -0.3 is 15.7 Å². The minimum absolute atomic E-state index is 0.272. The number of hydrogen-bond donors (Lipinski definition) is 3. The van der Waals surface area contributed by atoms with Crippen LogP contribution in [-0.4, -0.2) is 35.2 Å². The predicted molar refractivity (Wildman–Crippen MR) is 87.1 cm³/mol. The first-order valence-corrected chi connectivity index (χ1v) is 8.23. The van der Waals surface area contributed by atoms with Gasteiger partial charge >= 0.3 is 12.0 Å². The number of nitrogens with one attached hydrogen (secondary N) is 2. The second kappa shape index (κ2) is 8.56. The highest BCUT2D eigenvalue weighted by Crippen LogP contribution is 2.23. The Morgan fingerprint density at radius 1 is 1.29 bits per heavy atom. The summed E-state index contributed by atoms with van der Waals surface area (Å²) >= 11 is 1.55. The van der Waals surface area contributed by atoms with Crippen LogP contribution in [0.3, 0.4) is 0 Å². The first kappa shape index (κ1) is 17.4. The van der Waals surface area contributed by atoms with Crippen LogP contribution in [0.5, 0.6) is 0 Å². The van der Waals surface area contributed by atoms with Crippen molar-refractivity contribution in [3.63, 3.8) is 0 Å². The van der Waals surface area contributed by atoms with E-state index in [1.54, 1.807) is 11.8 Å². The highest BCUT2D eigenvalue weighted by atomic mass is 32.2. The molecule has 2 amide bonds. The summed E-state index contributed by atoms with van der Waals surface area (Å²) in [6.07, 6.45) is 2.30. The van der Waals surface area contributed by atoms with Gasteiger partial charge in [-0.15, -0.1) is 0 Å². The third-order valence-corrected chi connectivity index (χ3v) is 3.69. The lowest BCUT2D eigenvalue weighted by atomic mass is 10.0. The molecule has 116 valence electrons. The molecule has 21 heavy (non-hydrogen) atoms. The van der Waals surface area contributed by atoms with Gasteiger partial charge in [-0.3, -0.25) is 0 Å². The first-order chi connectivity index (χ1) is 9.95. The maximum atomic E-state index is 12.0. The van der Waals surface area contributed by atoms with Gasteiger partial charge in [0.15, 0.2) is 0 Å². The molecular weight excluding hydrogens is 288 g/mol. The smallest absolute Gasteiger partial charge is 0.326 e. The van der Waals surface area contributed by atoms with E-state index < -0.39 is 18.0 Å². The number of para-hydroxylation sites is 1. The lowest BCUT2D eigenvalue weighted by Crippen LogP contribution is -2.43. The van der Waals surface area contributed by atoms with Crippen LogP contribution in [-0.2, 0) is 4.79 Å². The number of carboxylic acids is 1. The average Bonchev–Trinajstić information content (AvgIpc) is 2.43. The number of rotatable bonds is 7. The fraction of sp³-hybridized carbons (Fsp3) is 0.467. The van der Waals surface area contributed by atoms with E-state index in [4.69, 9.17) is 5.11 Å². The summed E-state index contributed by atoms with van der Waals surface area (Å²) in [5, 5.41) is 14.3. The van der Waals surface area contributed by atoms with Crippen LogP contribution >= 0.6 is 11.8 Å². The number of urea groups is 1. The Kier molecular flexibility index (Phi) is 7.08. The summed E-state index contributed by atoms with van der Waals surface area (Å²) in [6.45, 7) is 4.08. The number of amides is 2. The van der Waals surface area contributed by atoms with Crippen molar-refractivity contribution < 1.29 is 14.7 Å². The van der Waals surface area contributed by atoms with Gasteiger partial charge in [0, 0.05) is 5.69 Å². The monoisotopic (exact) mass is 310 g/mol. The third kappa shape index (κ3) is 5.67. The van der Waals surface area contributed by atoms with Crippen molar-refractivity contribution in [1.29, 1.82) is 0 Å². The number of carbonyl (C=O) groups is 2. The summed E-state index contributed by atoms with van der Waals surface area (Å²) < 4.78 is 0. The van der Waals surface area contributed by atoms with E-state index >= 15 is 0 Å². The van der Waals surface area contributed by atoms with Gasteiger partial charge in [0.05, 0.1) is 0 Å². The SMILES string of the molecule is CSCC[C@H](NC(=O)Nc1ccccc1C(C)C)C(=O)O. The number of hydrogen-bond acceptors (Lipinski definition) is 3. The highest BCUT2D eigenvalue weighted by molar-refractivity contribution is 7.98. The molecule has 0 aromatic heterocycles. The first-order valence-electron chi connectivity index (χ1n) is 6.84. The number of aliphatic carboxylic acids is 1. The summed E-state index contributed by atoms with van der Waals surface area (Å²) in [6, 6.07) is 6.15. The minimum Gasteiger partial charge on any atom is -0.480 e. The van der Waals surface area contributed by atoms with Crippen LogP contribution in [0.4, 0.5) is 10.5 Å². The molecule has 0 unspecified atom stereocenters.